The summed E-state index contributed by atoms with van der Waals surface area (Å²) in [6.45, 7) is 3.49. The van der Waals surface area contributed by atoms with Gasteiger partial charge in [0.05, 0.1) is 11.7 Å². The van der Waals surface area contributed by atoms with Crippen LogP contribution in [0.15, 0.2) is 35.5 Å². The van der Waals surface area contributed by atoms with Crippen LogP contribution < -0.4 is 0 Å². The molecule has 0 aromatic carbocycles. The van der Waals surface area contributed by atoms with E-state index in [0.29, 0.717) is 30.4 Å². The maximum atomic E-state index is 12.0. The number of carboxylic acid groups (broad SMARTS) is 1. The van der Waals surface area contributed by atoms with Crippen molar-refractivity contribution in [2.24, 2.45) is 0 Å². The van der Waals surface area contributed by atoms with Crippen LogP contribution in [0, 0.1) is 0 Å². The Hall–Kier alpha value is -1.92. The lowest BCUT2D eigenvalue weighted by atomic mass is 9.99. The van der Waals surface area contributed by atoms with E-state index in [1.807, 2.05) is 6.08 Å². The Kier molecular flexibility index (Phi) is 9.30. The molecule has 0 amide bonds. The topological polar surface area (TPSA) is 104 Å². The molecule has 2 atom stereocenters. The Labute approximate surface area is 154 Å². The van der Waals surface area contributed by atoms with E-state index in [1.54, 1.807) is 18.2 Å². The van der Waals surface area contributed by atoms with Crippen LogP contribution in [0.25, 0.3) is 0 Å². The number of hydrogen-bond donors (Lipinski definition) is 3. The van der Waals surface area contributed by atoms with Crippen molar-refractivity contribution >= 4 is 11.9 Å². The molecule has 0 radical (unpaired) electrons. The number of aliphatic hydroxyl groups excluding tert-OH is 1. The number of carboxylic acids is 1. The van der Waals surface area contributed by atoms with E-state index in [0.717, 1.165) is 19.3 Å². The van der Waals surface area contributed by atoms with Crippen molar-refractivity contribution in [1.82, 2.24) is 0 Å². The molecule has 1 aliphatic rings. The zero-order chi connectivity index (χ0) is 19.6. The Morgan fingerprint density at radius 2 is 2.00 bits per heavy atom. The molecule has 0 saturated heterocycles. The number of carbonyl (C=O) groups excluding carboxylic acids is 1. The molecule has 1 heterocycles. The number of rotatable bonds is 12. The Balaban J connectivity index is 2.72. The van der Waals surface area contributed by atoms with Gasteiger partial charge >= 0.3 is 11.9 Å². The van der Waals surface area contributed by atoms with Crippen molar-refractivity contribution in [3.63, 3.8) is 0 Å². The van der Waals surface area contributed by atoms with Crippen LogP contribution in [-0.4, -0.2) is 39.1 Å². The molecule has 1 rings (SSSR count). The number of hydrogen-bond acceptors (Lipinski definition) is 5. The lowest BCUT2D eigenvalue weighted by Gasteiger charge is -2.17. The van der Waals surface area contributed by atoms with Gasteiger partial charge in [0.2, 0.25) is 5.79 Å². The molecule has 0 aromatic rings. The summed E-state index contributed by atoms with van der Waals surface area (Å²) in [6.07, 6.45) is 11.3. The van der Waals surface area contributed by atoms with Crippen LogP contribution in [0.5, 0.6) is 0 Å². The summed E-state index contributed by atoms with van der Waals surface area (Å²) in [6, 6.07) is 0. The van der Waals surface area contributed by atoms with E-state index in [-0.39, 0.29) is 12.8 Å². The summed E-state index contributed by atoms with van der Waals surface area (Å²) in [7, 11) is 0. The number of unbranched alkanes of at least 4 members (excludes halogenated alkanes) is 3. The van der Waals surface area contributed by atoms with Gasteiger partial charge in [0.1, 0.15) is 0 Å². The highest BCUT2D eigenvalue weighted by Crippen LogP contribution is 2.33. The van der Waals surface area contributed by atoms with Crippen LogP contribution in [-0.2, 0) is 14.3 Å². The van der Waals surface area contributed by atoms with Gasteiger partial charge in [-0.15, -0.1) is 0 Å². The number of carbonyl (C=O) groups is 2. The number of esters is 1. The SMILES string of the molecule is CCCCC[C@H](O)/C=C/C1=C(C/C=C\CCCC(=O)O)C(=O)OC1(C)O. The third-order valence-corrected chi connectivity index (χ3v) is 4.20. The van der Waals surface area contributed by atoms with Crippen molar-refractivity contribution in [3.05, 3.63) is 35.5 Å². The molecule has 1 unspecified atom stereocenters. The van der Waals surface area contributed by atoms with Gasteiger partial charge < -0.3 is 20.1 Å². The van der Waals surface area contributed by atoms with Crippen LogP contribution in [0.4, 0.5) is 0 Å². The lowest BCUT2D eigenvalue weighted by molar-refractivity contribution is -0.174. The highest BCUT2D eigenvalue weighted by molar-refractivity contribution is 5.93. The predicted octanol–water partition coefficient (Wildman–Crippen LogP) is 3.25. The fraction of sp³-hybridized carbons (Fsp3) is 0.600. The molecular weight excluding hydrogens is 336 g/mol. The minimum atomic E-state index is -1.71. The average Bonchev–Trinajstić information content (AvgIpc) is 2.77. The molecule has 1 aliphatic heterocycles. The standard InChI is InChI=1S/C20H30O6/c1-3-4-7-10-15(21)13-14-17-16(19(24)26-20(17,2)25)11-8-5-6-9-12-18(22)23/h5,8,13-15,21,25H,3-4,6-7,9-12H2,1-2H3,(H,22,23)/b8-5-,14-13+/t15-,20?/m0/s1. The van der Waals surface area contributed by atoms with Gasteiger partial charge in [-0.25, -0.2) is 4.79 Å². The molecule has 6 nitrogen and oxygen atoms in total. The molecule has 0 aliphatic carbocycles. The van der Waals surface area contributed by atoms with Crippen molar-refractivity contribution in [2.75, 3.05) is 0 Å². The van der Waals surface area contributed by atoms with Crippen LogP contribution in [0.2, 0.25) is 0 Å². The van der Waals surface area contributed by atoms with Crippen LogP contribution in [0.3, 0.4) is 0 Å². The molecule has 0 fully saturated rings. The fourth-order valence-electron chi connectivity index (χ4n) is 2.73. The fourth-order valence-corrected chi connectivity index (χ4v) is 2.73. The van der Waals surface area contributed by atoms with Crippen molar-refractivity contribution in [3.8, 4) is 0 Å². The Morgan fingerprint density at radius 1 is 1.27 bits per heavy atom. The predicted molar refractivity (Wildman–Crippen MR) is 98.3 cm³/mol. The van der Waals surface area contributed by atoms with E-state index in [1.165, 1.54) is 6.92 Å². The summed E-state index contributed by atoms with van der Waals surface area (Å²) in [5.41, 5.74) is 0.703. The Morgan fingerprint density at radius 3 is 2.65 bits per heavy atom. The van der Waals surface area contributed by atoms with E-state index >= 15 is 0 Å². The maximum absolute atomic E-state index is 12.0. The van der Waals surface area contributed by atoms with Gasteiger partial charge in [0.15, 0.2) is 0 Å². The van der Waals surface area contributed by atoms with E-state index < -0.39 is 23.8 Å². The third kappa shape index (κ3) is 7.54. The summed E-state index contributed by atoms with van der Waals surface area (Å²) in [4.78, 5) is 22.5. The zero-order valence-electron chi connectivity index (χ0n) is 15.6. The largest absolute Gasteiger partial charge is 0.481 e. The number of cyclic esters (lactones) is 1. The molecule has 0 aromatic heterocycles. The first-order valence-corrected chi connectivity index (χ1v) is 9.20. The highest BCUT2D eigenvalue weighted by Gasteiger charge is 2.40. The second kappa shape index (κ2) is 10.9. The molecule has 0 saturated carbocycles. The normalized spacial score (nSPS) is 21.8. The molecule has 0 spiro atoms. The summed E-state index contributed by atoms with van der Waals surface area (Å²) in [5.74, 6) is -3.12. The van der Waals surface area contributed by atoms with Gasteiger partial charge in [-0.2, -0.15) is 0 Å². The second-order valence-electron chi connectivity index (χ2n) is 6.65. The minimum Gasteiger partial charge on any atom is -0.481 e. The molecular formula is C20H30O6. The average molecular weight is 366 g/mol. The monoisotopic (exact) mass is 366 g/mol. The number of ether oxygens (including phenoxy) is 1. The quantitative estimate of drug-likeness (QED) is 0.278. The first kappa shape index (κ1) is 22.1. The van der Waals surface area contributed by atoms with Crippen molar-refractivity contribution in [2.45, 2.75) is 77.1 Å². The lowest BCUT2D eigenvalue weighted by Crippen LogP contribution is -2.26. The molecule has 26 heavy (non-hydrogen) atoms. The third-order valence-electron chi connectivity index (χ3n) is 4.20. The molecule has 3 N–H and O–H groups in total. The van der Waals surface area contributed by atoms with E-state index in [4.69, 9.17) is 9.84 Å². The van der Waals surface area contributed by atoms with Gasteiger partial charge in [-0.05, 0) is 25.7 Å². The Bertz CT molecular complexity index is 571. The van der Waals surface area contributed by atoms with Gasteiger partial charge in [0.25, 0.3) is 0 Å². The van der Waals surface area contributed by atoms with E-state index in [2.05, 4.69) is 6.92 Å². The first-order valence-electron chi connectivity index (χ1n) is 9.20. The number of aliphatic carboxylic acids is 1. The van der Waals surface area contributed by atoms with E-state index in [9.17, 15) is 19.8 Å². The number of allylic oxidation sites excluding steroid dienone is 2. The van der Waals surface area contributed by atoms with Crippen LogP contribution >= 0.6 is 0 Å². The maximum Gasteiger partial charge on any atom is 0.337 e. The van der Waals surface area contributed by atoms with Gasteiger partial charge in [-0.1, -0.05) is 50.5 Å². The van der Waals surface area contributed by atoms with Gasteiger partial charge in [-0.3, -0.25) is 4.79 Å². The van der Waals surface area contributed by atoms with Crippen LogP contribution in [0.1, 0.15) is 65.2 Å². The summed E-state index contributed by atoms with van der Waals surface area (Å²) in [5, 5.41) is 28.9. The van der Waals surface area contributed by atoms with Crippen molar-refractivity contribution < 1.29 is 29.6 Å². The highest BCUT2D eigenvalue weighted by atomic mass is 16.7. The zero-order valence-corrected chi connectivity index (χ0v) is 15.6. The molecule has 6 heteroatoms. The smallest absolute Gasteiger partial charge is 0.337 e. The second-order valence-corrected chi connectivity index (χ2v) is 6.65. The number of aliphatic hydroxyl groups is 2. The summed E-state index contributed by atoms with van der Waals surface area (Å²) >= 11 is 0. The van der Waals surface area contributed by atoms with Gasteiger partial charge in [0, 0.05) is 18.9 Å². The van der Waals surface area contributed by atoms with Crippen molar-refractivity contribution in [1.29, 1.82) is 0 Å². The first-order chi connectivity index (χ1) is 12.3. The molecule has 0 bridgehead atoms. The minimum absolute atomic E-state index is 0.105. The summed E-state index contributed by atoms with van der Waals surface area (Å²) < 4.78 is 5.01. The molecule has 146 valence electrons.